The van der Waals surface area contributed by atoms with Crippen molar-refractivity contribution in [3.8, 4) is 5.75 Å². The highest BCUT2D eigenvalue weighted by Crippen LogP contribution is 2.29. The van der Waals surface area contributed by atoms with Crippen LogP contribution in [0.5, 0.6) is 5.75 Å². The smallest absolute Gasteiger partial charge is 0.259 e. The van der Waals surface area contributed by atoms with Crippen molar-refractivity contribution in [2.24, 2.45) is 0 Å². The Labute approximate surface area is 140 Å². The van der Waals surface area contributed by atoms with Gasteiger partial charge in [0.2, 0.25) is 0 Å². The standard InChI is InChI=1S/C19H21N3O2/c1-3-22-16-9-5-4-8-15(16)18(23)17(19(22)24)13(2)21-12-14-7-6-10-20-11-14/h4-11,13,21,23H,3,12H2,1-2H3. The summed E-state index contributed by atoms with van der Waals surface area (Å²) >= 11 is 0. The molecule has 0 aliphatic heterocycles. The molecule has 0 radical (unpaired) electrons. The summed E-state index contributed by atoms with van der Waals surface area (Å²) in [7, 11) is 0. The van der Waals surface area contributed by atoms with Gasteiger partial charge < -0.3 is 15.0 Å². The molecular formula is C19H21N3O2. The molecule has 5 nitrogen and oxygen atoms in total. The molecule has 3 aromatic rings. The summed E-state index contributed by atoms with van der Waals surface area (Å²) in [5.74, 6) is 0.0616. The molecule has 2 N–H and O–H groups in total. The first-order valence-corrected chi connectivity index (χ1v) is 8.10. The lowest BCUT2D eigenvalue weighted by Crippen LogP contribution is -2.30. The lowest BCUT2D eigenvalue weighted by molar-refractivity contribution is 0.452. The van der Waals surface area contributed by atoms with Gasteiger partial charge in [-0.25, -0.2) is 0 Å². The van der Waals surface area contributed by atoms with Crippen LogP contribution >= 0.6 is 0 Å². The molecule has 0 amide bonds. The Morgan fingerprint density at radius 1 is 1.25 bits per heavy atom. The van der Waals surface area contributed by atoms with Crippen LogP contribution in [0.3, 0.4) is 0 Å². The molecule has 1 unspecified atom stereocenters. The number of nitrogens with one attached hydrogen (secondary N) is 1. The van der Waals surface area contributed by atoms with Crippen molar-refractivity contribution in [2.75, 3.05) is 0 Å². The predicted molar refractivity (Wildman–Crippen MR) is 95.0 cm³/mol. The first kappa shape index (κ1) is 16.2. The highest BCUT2D eigenvalue weighted by atomic mass is 16.3. The molecule has 0 saturated heterocycles. The van der Waals surface area contributed by atoms with E-state index in [0.717, 1.165) is 11.1 Å². The first-order chi connectivity index (χ1) is 11.6. The molecule has 5 heteroatoms. The van der Waals surface area contributed by atoms with Gasteiger partial charge in [-0.3, -0.25) is 9.78 Å². The van der Waals surface area contributed by atoms with Gasteiger partial charge in [-0.05, 0) is 37.6 Å². The number of hydrogen-bond acceptors (Lipinski definition) is 4. The topological polar surface area (TPSA) is 67.2 Å². The molecule has 24 heavy (non-hydrogen) atoms. The molecule has 124 valence electrons. The van der Waals surface area contributed by atoms with Crippen LogP contribution in [-0.2, 0) is 13.1 Å². The average Bonchev–Trinajstić information content (AvgIpc) is 2.61. The van der Waals surface area contributed by atoms with E-state index >= 15 is 0 Å². The van der Waals surface area contributed by atoms with Gasteiger partial charge in [-0.2, -0.15) is 0 Å². The summed E-state index contributed by atoms with van der Waals surface area (Å²) in [4.78, 5) is 16.9. The fourth-order valence-electron chi connectivity index (χ4n) is 2.99. The summed E-state index contributed by atoms with van der Waals surface area (Å²) in [5, 5.41) is 14.6. The molecule has 2 heterocycles. The van der Waals surface area contributed by atoms with Crippen LogP contribution in [-0.4, -0.2) is 14.7 Å². The first-order valence-electron chi connectivity index (χ1n) is 8.10. The lowest BCUT2D eigenvalue weighted by Gasteiger charge is -2.19. The van der Waals surface area contributed by atoms with Gasteiger partial charge in [0, 0.05) is 36.9 Å². The number of rotatable bonds is 5. The second kappa shape index (κ2) is 6.84. The van der Waals surface area contributed by atoms with Gasteiger partial charge in [-0.15, -0.1) is 0 Å². The number of pyridine rings is 2. The molecule has 0 saturated carbocycles. The maximum Gasteiger partial charge on any atom is 0.259 e. The predicted octanol–water partition coefficient (Wildman–Crippen LogP) is 2.97. The average molecular weight is 323 g/mol. The quantitative estimate of drug-likeness (QED) is 0.757. The van der Waals surface area contributed by atoms with E-state index in [1.807, 2.05) is 50.2 Å². The van der Waals surface area contributed by atoms with Gasteiger partial charge in [0.25, 0.3) is 5.56 Å². The SMILES string of the molecule is CCn1c(=O)c(C(C)NCc2cccnc2)c(O)c2ccccc21. The number of fused-ring (bicyclic) bond motifs is 1. The minimum Gasteiger partial charge on any atom is -0.507 e. The van der Waals surface area contributed by atoms with Crippen molar-refractivity contribution in [1.29, 1.82) is 0 Å². The minimum absolute atomic E-state index is 0.0616. The van der Waals surface area contributed by atoms with Gasteiger partial charge in [0.1, 0.15) is 5.75 Å². The Bertz CT molecular complexity index is 904. The van der Waals surface area contributed by atoms with Gasteiger partial charge in [0.15, 0.2) is 0 Å². The summed E-state index contributed by atoms with van der Waals surface area (Å²) in [6.45, 7) is 4.96. The Kier molecular flexibility index (Phi) is 4.62. The molecule has 0 aliphatic carbocycles. The molecule has 1 aromatic carbocycles. The van der Waals surface area contributed by atoms with Crippen LogP contribution in [0, 0.1) is 0 Å². The normalized spacial score (nSPS) is 12.4. The van der Waals surface area contributed by atoms with Crippen LogP contribution in [0.25, 0.3) is 10.9 Å². The summed E-state index contributed by atoms with van der Waals surface area (Å²) in [6.07, 6.45) is 3.51. The van der Waals surface area contributed by atoms with E-state index in [-0.39, 0.29) is 17.4 Å². The highest BCUT2D eigenvalue weighted by molar-refractivity contribution is 5.86. The van der Waals surface area contributed by atoms with E-state index in [1.54, 1.807) is 17.0 Å². The maximum atomic E-state index is 12.8. The summed E-state index contributed by atoms with van der Waals surface area (Å²) in [5.41, 5.74) is 2.03. The molecule has 0 fully saturated rings. The number of aromatic nitrogens is 2. The Hall–Kier alpha value is -2.66. The summed E-state index contributed by atoms with van der Waals surface area (Å²) in [6, 6.07) is 11.0. The van der Waals surface area contributed by atoms with Crippen molar-refractivity contribution in [2.45, 2.75) is 33.0 Å². The van der Waals surface area contributed by atoms with Gasteiger partial charge >= 0.3 is 0 Å². The van der Waals surface area contributed by atoms with Crippen LogP contribution < -0.4 is 10.9 Å². The molecule has 3 rings (SSSR count). The van der Waals surface area contributed by atoms with E-state index in [2.05, 4.69) is 10.3 Å². The second-order valence-electron chi connectivity index (χ2n) is 5.79. The number of hydrogen-bond donors (Lipinski definition) is 2. The zero-order valence-corrected chi connectivity index (χ0v) is 13.9. The lowest BCUT2D eigenvalue weighted by atomic mass is 10.0. The fourth-order valence-corrected chi connectivity index (χ4v) is 2.99. The number of nitrogens with zero attached hydrogens (tertiary/aromatic N) is 2. The molecule has 0 bridgehead atoms. The zero-order valence-electron chi connectivity index (χ0n) is 13.9. The highest BCUT2D eigenvalue weighted by Gasteiger charge is 2.20. The van der Waals surface area contributed by atoms with Crippen molar-refractivity contribution < 1.29 is 5.11 Å². The third-order valence-corrected chi connectivity index (χ3v) is 4.27. The largest absolute Gasteiger partial charge is 0.507 e. The van der Waals surface area contributed by atoms with E-state index in [1.165, 1.54) is 0 Å². The second-order valence-corrected chi connectivity index (χ2v) is 5.79. The van der Waals surface area contributed by atoms with Gasteiger partial charge in [-0.1, -0.05) is 18.2 Å². The fraction of sp³-hybridized carbons (Fsp3) is 0.263. The van der Waals surface area contributed by atoms with Crippen LogP contribution in [0.2, 0.25) is 0 Å². The van der Waals surface area contributed by atoms with Crippen molar-refractivity contribution in [3.05, 3.63) is 70.3 Å². The molecular weight excluding hydrogens is 302 g/mol. The third-order valence-electron chi connectivity index (χ3n) is 4.27. The van der Waals surface area contributed by atoms with E-state index < -0.39 is 0 Å². The van der Waals surface area contributed by atoms with E-state index in [9.17, 15) is 9.90 Å². The van der Waals surface area contributed by atoms with Crippen molar-refractivity contribution in [1.82, 2.24) is 14.9 Å². The number of para-hydroxylation sites is 1. The third kappa shape index (κ3) is 2.90. The van der Waals surface area contributed by atoms with E-state index in [0.29, 0.717) is 24.0 Å². The van der Waals surface area contributed by atoms with Crippen molar-refractivity contribution in [3.63, 3.8) is 0 Å². The van der Waals surface area contributed by atoms with Crippen molar-refractivity contribution >= 4 is 10.9 Å². The van der Waals surface area contributed by atoms with Gasteiger partial charge in [0.05, 0.1) is 11.1 Å². The Balaban J connectivity index is 2.00. The maximum absolute atomic E-state index is 12.8. The minimum atomic E-state index is -0.278. The Morgan fingerprint density at radius 2 is 2.04 bits per heavy atom. The molecule has 0 spiro atoms. The monoisotopic (exact) mass is 323 g/mol. The molecule has 1 atom stereocenters. The Morgan fingerprint density at radius 3 is 2.75 bits per heavy atom. The number of aromatic hydroxyl groups is 1. The molecule has 0 aliphatic rings. The molecule has 2 aromatic heterocycles. The zero-order chi connectivity index (χ0) is 17.1. The van der Waals surface area contributed by atoms with Crippen LogP contribution in [0.1, 0.15) is 31.0 Å². The van der Waals surface area contributed by atoms with E-state index in [4.69, 9.17) is 0 Å². The summed E-state index contributed by atoms with van der Waals surface area (Å²) < 4.78 is 1.70. The number of benzene rings is 1. The number of aryl methyl sites for hydroxylation is 1. The van der Waals surface area contributed by atoms with Crippen LogP contribution in [0.4, 0.5) is 0 Å². The van der Waals surface area contributed by atoms with Crippen LogP contribution in [0.15, 0.2) is 53.6 Å².